The highest BCUT2D eigenvalue weighted by Crippen LogP contribution is 2.24. The van der Waals surface area contributed by atoms with E-state index in [1.165, 1.54) is 0 Å². The van der Waals surface area contributed by atoms with Crippen LogP contribution in [0.4, 0.5) is 11.4 Å². The lowest BCUT2D eigenvalue weighted by Crippen LogP contribution is -2.45. The number of morpholine rings is 1. The van der Waals surface area contributed by atoms with Crippen LogP contribution in [0.3, 0.4) is 0 Å². The van der Waals surface area contributed by atoms with E-state index in [0.29, 0.717) is 11.3 Å². The third kappa shape index (κ3) is 2.56. The SMILES string of the molecule is CC1CN(c2ccc(N)c(C(N)=O)c2)CC(C)O1. The molecule has 0 radical (unpaired) electrons. The van der Waals surface area contributed by atoms with Gasteiger partial charge in [-0.25, -0.2) is 0 Å². The maximum Gasteiger partial charge on any atom is 0.250 e. The van der Waals surface area contributed by atoms with Crippen molar-refractivity contribution < 1.29 is 9.53 Å². The van der Waals surface area contributed by atoms with Crippen LogP contribution in [0.25, 0.3) is 0 Å². The van der Waals surface area contributed by atoms with Crippen molar-refractivity contribution in [2.24, 2.45) is 5.73 Å². The molecule has 2 rings (SSSR count). The standard InChI is InChI=1S/C13H19N3O2/c1-8-6-16(7-9(2)18-8)10-3-4-12(14)11(5-10)13(15)17/h3-5,8-9H,6-7,14H2,1-2H3,(H2,15,17). The van der Waals surface area contributed by atoms with Gasteiger partial charge in [0.1, 0.15) is 0 Å². The lowest BCUT2D eigenvalue weighted by atomic mass is 10.1. The van der Waals surface area contributed by atoms with Gasteiger partial charge >= 0.3 is 0 Å². The monoisotopic (exact) mass is 249 g/mol. The zero-order chi connectivity index (χ0) is 13.3. The molecule has 2 atom stereocenters. The van der Waals surface area contributed by atoms with E-state index < -0.39 is 5.91 Å². The van der Waals surface area contributed by atoms with Gasteiger partial charge in [0.25, 0.3) is 5.91 Å². The van der Waals surface area contributed by atoms with Gasteiger partial charge < -0.3 is 21.1 Å². The first-order valence-electron chi connectivity index (χ1n) is 6.07. The fourth-order valence-electron chi connectivity index (χ4n) is 2.34. The molecule has 1 amide bonds. The predicted molar refractivity (Wildman–Crippen MR) is 71.6 cm³/mol. The van der Waals surface area contributed by atoms with Crippen molar-refractivity contribution >= 4 is 17.3 Å². The quantitative estimate of drug-likeness (QED) is 0.765. The highest BCUT2D eigenvalue weighted by molar-refractivity contribution is 5.99. The third-order valence-electron chi connectivity index (χ3n) is 3.09. The summed E-state index contributed by atoms with van der Waals surface area (Å²) in [4.78, 5) is 13.5. The minimum atomic E-state index is -0.497. The van der Waals surface area contributed by atoms with E-state index in [0.717, 1.165) is 18.8 Å². The van der Waals surface area contributed by atoms with Crippen LogP contribution in [-0.4, -0.2) is 31.2 Å². The second kappa shape index (κ2) is 4.86. The van der Waals surface area contributed by atoms with Crippen LogP contribution in [0.5, 0.6) is 0 Å². The van der Waals surface area contributed by atoms with E-state index in [9.17, 15) is 4.79 Å². The first-order chi connectivity index (χ1) is 8.47. The maximum absolute atomic E-state index is 11.3. The average Bonchev–Trinajstić information content (AvgIpc) is 2.27. The summed E-state index contributed by atoms with van der Waals surface area (Å²) in [7, 11) is 0. The van der Waals surface area contributed by atoms with E-state index >= 15 is 0 Å². The van der Waals surface area contributed by atoms with E-state index in [-0.39, 0.29) is 12.2 Å². The van der Waals surface area contributed by atoms with Gasteiger partial charge in [0, 0.05) is 24.5 Å². The van der Waals surface area contributed by atoms with Crippen LogP contribution in [0, 0.1) is 0 Å². The second-order valence-electron chi connectivity index (χ2n) is 4.80. The first kappa shape index (κ1) is 12.7. The Kier molecular flexibility index (Phi) is 3.43. The van der Waals surface area contributed by atoms with Crippen molar-refractivity contribution in [3.8, 4) is 0 Å². The van der Waals surface area contributed by atoms with Crippen LogP contribution in [0.2, 0.25) is 0 Å². The number of benzene rings is 1. The zero-order valence-electron chi connectivity index (χ0n) is 10.7. The van der Waals surface area contributed by atoms with Gasteiger partial charge in [-0.1, -0.05) is 0 Å². The molecular formula is C13H19N3O2. The number of ether oxygens (including phenoxy) is 1. The number of carbonyl (C=O) groups is 1. The summed E-state index contributed by atoms with van der Waals surface area (Å²) in [5, 5.41) is 0. The van der Waals surface area contributed by atoms with Crippen LogP contribution in [0.1, 0.15) is 24.2 Å². The number of rotatable bonds is 2. The predicted octanol–water partition coefficient (Wildman–Crippen LogP) is 0.981. The molecule has 0 spiro atoms. The van der Waals surface area contributed by atoms with Gasteiger partial charge in [-0.15, -0.1) is 0 Å². The molecule has 1 aliphatic rings. The average molecular weight is 249 g/mol. The van der Waals surface area contributed by atoms with E-state index in [1.807, 2.05) is 19.9 Å². The molecule has 0 saturated carbocycles. The molecule has 4 N–H and O–H groups in total. The molecule has 1 fully saturated rings. The molecule has 5 heteroatoms. The van der Waals surface area contributed by atoms with Crippen LogP contribution >= 0.6 is 0 Å². The Morgan fingerprint density at radius 2 is 1.94 bits per heavy atom. The highest BCUT2D eigenvalue weighted by Gasteiger charge is 2.23. The van der Waals surface area contributed by atoms with Gasteiger partial charge in [0.2, 0.25) is 0 Å². The molecule has 98 valence electrons. The Bertz CT molecular complexity index is 452. The number of nitrogens with two attached hydrogens (primary N) is 2. The summed E-state index contributed by atoms with van der Waals surface area (Å²) in [5.41, 5.74) is 12.8. The summed E-state index contributed by atoms with van der Waals surface area (Å²) in [6, 6.07) is 5.38. The van der Waals surface area contributed by atoms with Crippen LogP contribution in [-0.2, 0) is 4.74 Å². The fraction of sp³-hybridized carbons (Fsp3) is 0.462. The molecule has 1 aromatic rings. The number of nitrogens with zero attached hydrogens (tertiary/aromatic N) is 1. The highest BCUT2D eigenvalue weighted by atomic mass is 16.5. The largest absolute Gasteiger partial charge is 0.398 e. The molecule has 5 nitrogen and oxygen atoms in total. The minimum Gasteiger partial charge on any atom is -0.398 e. The van der Waals surface area contributed by atoms with Gasteiger partial charge in [-0.2, -0.15) is 0 Å². The zero-order valence-corrected chi connectivity index (χ0v) is 10.7. The molecule has 0 aliphatic carbocycles. The third-order valence-corrected chi connectivity index (χ3v) is 3.09. The van der Waals surface area contributed by atoms with Crippen molar-refractivity contribution in [1.82, 2.24) is 0 Å². The van der Waals surface area contributed by atoms with E-state index in [1.54, 1.807) is 12.1 Å². The summed E-state index contributed by atoms with van der Waals surface area (Å²) >= 11 is 0. The Morgan fingerprint density at radius 1 is 1.33 bits per heavy atom. The van der Waals surface area contributed by atoms with Crippen molar-refractivity contribution in [3.05, 3.63) is 23.8 Å². The first-order valence-corrected chi connectivity index (χ1v) is 6.07. The Hall–Kier alpha value is -1.75. The Balaban J connectivity index is 2.28. The van der Waals surface area contributed by atoms with Gasteiger partial charge in [0.05, 0.1) is 17.8 Å². The lowest BCUT2D eigenvalue weighted by Gasteiger charge is -2.37. The van der Waals surface area contributed by atoms with Crippen molar-refractivity contribution in [1.29, 1.82) is 0 Å². The molecule has 1 saturated heterocycles. The number of hydrogen-bond donors (Lipinski definition) is 2. The van der Waals surface area contributed by atoms with Crippen LogP contribution < -0.4 is 16.4 Å². The van der Waals surface area contributed by atoms with Crippen molar-refractivity contribution in [2.45, 2.75) is 26.1 Å². The lowest BCUT2D eigenvalue weighted by molar-refractivity contribution is -0.00521. The molecule has 1 aliphatic heterocycles. The molecular weight excluding hydrogens is 230 g/mol. The number of amides is 1. The summed E-state index contributed by atoms with van der Waals surface area (Å²) in [5.74, 6) is -0.497. The number of hydrogen-bond acceptors (Lipinski definition) is 4. The molecule has 2 unspecified atom stereocenters. The number of nitrogen functional groups attached to an aromatic ring is 1. The van der Waals surface area contributed by atoms with Gasteiger partial charge in [0.15, 0.2) is 0 Å². The number of primary amides is 1. The molecule has 0 aromatic heterocycles. The summed E-state index contributed by atoms with van der Waals surface area (Å²) < 4.78 is 5.68. The van der Waals surface area contributed by atoms with Crippen molar-refractivity contribution in [2.75, 3.05) is 23.7 Å². The number of carbonyl (C=O) groups excluding carboxylic acids is 1. The smallest absolute Gasteiger partial charge is 0.250 e. The summed E-state index contributed by atoms with van der Waals surface area (Å²) in [6.07, 6.45) is 0.340. The molecule has 0 bridgehead atoms. The van der Waals surface area contributed by atoms with Gasteiger partial charge in [-0.05, 0) is 32.0 Å². The van der Waals surface area contributed by atoms with E-state index in [2.05, 4.69) is 4.90 Å². The fourth-order valence-corrected chi connectivity index (χ4v) is 2.34. The minimum absolute atomic E-state index is 0.170. The number of anilines is 2. The molecule has 18 heavy (non-hydrogen) atoms. The maximum atomic E-state index is 11.3. The van der Waals surface area contributed by atoms with Crippen LogP contribution in [0.15, 0.2) is 18.2 Å². The molecule has 1 aromatic carbocycles. The molecule has 1 heterocycles. The van der Waals surface area contributed by atoms with E-state index in [4.69, 9.17) is 16.2 Å². The topological polar surface area (TPSA) is 81.6 Å². The second-order valence-corrected chi connectivity index (χ2v) is 4.80. The van der Waals surface area contributed by atoms with Crippen molar-refractivity contribution in [3.63, 3.8) is 0 Å². The van der Waals surface area contributed by atoms with Gasteiger partial charge in [-0.3, -0.25) is 4.79 Å². The summed E-state index contributed by atoms with van der Waals surface area (Å²) in [6.45, 7) is 5.67. The Morgan fingerprint density at radius 3 is 2.50 bits per heavy atom. The normalized spacial score (nSPS) is 24.0. The Labute approximate surface area is 107 Å².